The van der Waals surface area contributed by atoms with Crippen LogP contribution in [-0.4, -0.2) is 62.3 Å². The zero-order valence-corrected chi connectivity index (χ0v) is 26.1. The fourth-order valence-corrected chi connectivity index (χ4v) is 3.44. The van der Waals surface area contributed by atoms with E-state index in [0.29, 0.717) is 11.1 Å². The summed E-state index contributed by atoms with van der Waals surface area (Å²) < 4.78 is 31.8. The Labute approximate surface area is 253 Å². The van der Waals surface area contributed by atoms with Crippen molar-refractivity contribution >= 4 is 24.2 Å². The molecule has 2 rings (SSSR count). The van der Waals surface area contributed by atoms with Crippen molar-refractivity contribution in [1.82, 2.24) is 5.32 Å². The van der Waals surface area contributed by atoms with Crippen LogP contribution < -0.4 is 14.8 Å². The molecule has 2 aromatic rings. The zero-order chi connectivity index (χ0) is 32.1. The summed E-state index contributed by atoms with van der Waals surface area (Å²) in [7, 11) is 1.26. The Morgan fingerprint density at radius 3 is 1.81 bits per heavy atom. The maximum atomic E-state index is 12.6. The van der Waals surface area contributed by atoms with Crippen LogP contribution >= 0.6 is 0 Å². The molecule has 3 unspecified atom stereocenters. The van der Waals surface area contributed by atoms with Crippen LogP contribution in [0.3, 0.4) is 0 Å². The lowest BCUT2D eigenvalue weighted by Gasteiger charge is -2.21. The van der Waals surface area contributed by atoms with Crippen molar-refractivity contribution in [3.63, 3.8) is 0 Å². The quantitative estimate of drug-likeness (QED) is 0.162. The predicted molar refractivity (Wildman–Crippen MR) is 158 cm³/mol. The van der Waals surface area contributed by atoms with Gasteiger partial charge in [-0.05, 0) is 68.9 Å². The van der Waals surface area contributed by atoms with Crippen LogP contribution in [0.4, 0.5) is 9.59 Å². The second-order valence-electron chi connectivity index (χ2n) is 10.9. The molecule has 1 N–H and O–H groups in total. The Bertz CT molecular complexity index is 1210. The third-order valence-corrected chi connectivity index (χ3v) is 6.73. The molecule has 0 aliphatic rings. The topological polar surface area (TPSA) is 136 Å². The summed E-state index contributed by atoms with van der Waals surface area (Å²) in [5, 5.41) is 3.06. The summed E-state index contributed by atoms with van der Waals surface area (Å²) in [4.78, 5) is 49.9. The highest BCUT2D eigenvalue weighted by Gasteiger charge is 2.25. The number of hydrogen-bond donors (Lipinski definition) is 1. The molecule has 0 aliphatic heterocycles. The van der Waals surface area contributed by atoms with E-state index in [-0.39, 0.29) is 36.3 Å². The van der Waals surface area contributed by atoms with Gasteiger partial charge in [-0.2, -0.15) is 0 Å². The molecule has 0 aliphatic carbocycles. The SMILES string of the molecule is COC(=O)[C@H](Cc1ccc(OC(=O)OC(C)C(C)C)c(OC(=O)OC(C)C(C)C)c1)NCC(C)OC(=O)c1ccccc1. The van der Waals surface area contributed by atoms with Gasteiger partial charge in [-0.25, -0.2) is 14.4 Å². The number of methoxy groups -OCH3 is 1. The van der Waals surface area contributed by atoms with Crippen LogP contribution in [0.2, 0.25) is 0 Å². The van der Waals surface area contributed by atoms with Crippen LogP contribution in [0, 0.1) is 11.8 Å². The van der Waals surface area contributed by atoms with Crippen LogP contribution in [0.1, 0.15) is 64.4 Å². The first kappa shape index (κ1) is 35.1. The minimum absolute atomic E-state index is 0.0448. The number of hydrogen-bond acceptors (Lipinski definition) is 11. The van der Waals surface area contributed by atoms with Gasteiger partial charge in [0.05, 0.1) is 12.7 Å². The van der Waals surface area contributed by atoms with E-state index >= 15 is 0 Å². The Kier molecular flexibility index (Phi) is 14.0. The van der Waals surface area contributed by atoms with E-state index in [1.807, 2.05) is 27.7 Å². The van der Waals surface area contributed by atoms with Gasteiger partial charge in [0.25, 0.3) is 0 Å². The van der Waals surface area contributed by atoms with Crippen molar-refractivity contribution in [3.05, 3.63) is 59.7 Å². The molecule has 236 valence electrons. The maximum absolute atomic E-state index is 12.6. The summed E-state index contributed by atoms with van der Waals surface area (Å²) in [6, 6.07) is 12.2. The van der Waals surface area contributed by atoms with Crippen molar-refractivity contribution in [2.75, 3.05) is 13.7 Å². The molecule has 0 aromatic heterocycles. The fraction of sp³-hybridized carbons (Fsp3) is 0.500. The highest BCUT2D eigenvalue weighted by atomic mass is 16.8. The molecule has 11 nitrogen and oxygen atoms in total. The number of benzene rings is 2. The van der Waals surface area contributed by atoms with Gasteiger partial charge in [0.2, 0.25) is 0 Å². The maximum Gasteiger partial charge on any atom is 0.514 e. The number of carbonyl (C=O) groups excluding carboxylic acids is 4. The molecule has 2 aromatic carbocycles. The van der Waals surface area contributed by atoms with Gasteiger partial charge in [-0.15, -0.1) is 0 Å². The Morgan fingerprint density at radius 1 is 0.721 bits per heavy atom. The minimum atomic E-state index is -0.983. The fourth-order valence-electron chi connectivity index (χ4n) is 3.44. The van der Waals surface area contributed by atoms with E-state index in [2.05, 4.69) is 5.32 Å². The molecule has 4 atom stereocenters. The van der Waals surface area contributed by atoms with E-state index in [9.17, 15) is 19.2 Å². The molecule has 0 radical (unpaired) electrons. The lowest BCUT2D eigenvalue weighted by Crippen LogP contribution is -2.43. The number of carbonyl (C=O) groups is 4. The van der Waals surface area contributed by atoms with Gasteiger partial charge >= 0.3 is 24.2 Å². The highest BCUT2D eigenvalue weighted by molar-refractivity contribution is 5.89. The van der Waals surface area contributed by atoms with Gasteiger partial charge in [0.1, 0.15) is 24.4 Å². The standard InChI is InChI=1S/C32H43NO10/c1-19(2)22(6)40-31(36)42-27-15-14-24(17-28(27)43-32(37)41-23(7)20(3)4)16-26(30(35)38-8)33-18-21(5)39-29(34)25-12-10-9-11-13-25/h9-15,17,19-23,26,33H,16,18H2,1-8H3/t21?,22?,23?,26-/m0/s1. The third kappa shape index (κ3) is 12.0. The predicted octanol–water partition coefficient (Wildman–Crippen LogP) is 5.73. The first-order valence-electron chi connectivity index (χ1n) is 14.3. The summed E-state index contributed by atoms with van der Waals surface area (Å²) in [5.41, 5.74) is 0.963. The molecule has 43 heavy (non-hydrogen) atoms. The third-order valence-electron chi connectivity index (χ3n) is 6.73. The molecule has 0 spiro atoms. The Balaban J connectivity index is 2.20. The number of nitrogens with one attached hydrogen (secondary N) is 1. The van der Waals surface area contributed by atoms with Crippen molar-refractivity contribution < 1.29 is 47.6 Å². The summed E-state index contributed by atoms with van der Waals surface area (Å²) in [5.74, 6) is -1.10. The molecule has 0 amide bonds. The first-order valence-corrected chi connectivity index (χ1v) is 14.3. The smallest absolute Gasteiger partial charge is 0.468 e. The Morgan fingerprint density at radius 2 is 1.28 bits per heavy atom. The molecule has 0 saturated heterocycles. The van der Waals surface area contributed by atoms with Crippen LogP contribution in [0.5, 0.6) is 11.5 Å². The van der Waals surface area contributed by atoms with E-state index in [1.165, 1.54) is 19.2 Å². The second kappa shape index (κ2) is 17.1. The average molecular weight is 602 g/mol. The molecule has 0 saturated carbocycles. The van der Waals surface area contributed by atoms with Crippen LogP contribution in [0.15, 0.2) is 48.5 Å². The largest absolute Gasteiger partial charge is 0.514 e. The van der Waals surface area contributed by atoms with E-state index in [1.54, 1.807) is 57.2 Å². The molecular weight excluding hydrogens is 558 g/mol. The van der Waals surface area contributed by atoms with Crippen LogP contribution in [0.25, 0.3) is 0 Å². The monoisotopic (exact) mass is 601 g/mol. The van der Waals surface area contributed by atoms with Gasteiger partial charge in [-0.1, -0.05) is 52.0 Å². The average Bonchev–Trinajstić information content (AvgIpc) is 2.96. The molecule has 11 heteroatoms. The normalized spacial score (nSPS) is 13.8. The van der Waals surface area contributed by atoms with Crippen molar-refractivity contribution in [3.8, 4) is 11.5 Å². The number of esters is 2. The molecule has 0 fully saturated rings. The highest BCUT2D eigenvalue weighted by Crippen LogP contribution is 2.30. The van der Waals surface area contributed by atoms with E-state index in [4.69, 9.17) is 28.4 Å². The zero-order valence-electron chi connectivity index (χ0n) is 26.1. The number of rotatable bonds is 14. The van der Waals surface area contributed by atoms with Crippen molar-refractivity contribution in [1.29, 1.82) is 0 Å². The first-order chi connectivity index (χ1) is 20.3. The minimum Gasteiger partial charge on any atom is -0.468 e. The lowest BCUT2D eigenvalue weighted by atomic mass is 10.0. The van der Waals surface area contributed by atoms with E-state index in [0.717, 1.165) is 0 Å². The van der Waals surface area contributed by atoms with Crippen molar-refractivity contribution in [2.24, 2.45) is 11.8 Å². The number of ether oxygens (including phenoxy) is 6. The second-order valence-corrected chi connectivity index (χ2v) is 10.9. The van der Waals surface area contributed by atoms with Gasteiger partial charge in [0.15, 0.2) is 11.5 Å². The molecule has 0 bridgehead atoms. The summed E-state index contributed by atoms with van der Waals surface area (Å²) >= 11 is 0. The Hall–Kier alpha value is -4.12. The van der Waals surface area contributed by atoms with E-state index < -0.39 is 48.6 Å². The molecule has 0 heterocycles. The van der Waals surface area contributed by atoms with Crippen LogP contribution in [-0.2, 0) is 30.2 Å². The van der Waals surface area contributed by atoms with Gasteiger partial charge < -0.3 is 33.7 Å². The summed E-state index contributed by atoms with van der Waals surface area (Å²) in [6.45, 7) is 12.9. The van der Waals surface area contributed by atoms with Crippen molar-refractivity contribution in [2.45, 2.75) is 79.2 Å². The van der Waals surface area contributed by atoms with Gasteiger partial charge in [-0.3, -0.25) is 4.79 Å². The summed E-state index contributed by atoms with van der Waals surface area (Å²) in [6.07, 6.45) is -3.24. The molecular formula is C32H43NO10. The lowest BCUT2D eigenvalue weighted by molar-refractivity contribution is -0.143. The van der Waals surface area contributed by atoms with Gasteiger partial charge in [0, 0.05) is 6.54 Å².